The first-order valence-electron chi connectivity index (χ1n) is 10.4. The van der Waals surface area contributed by atoms with Crippen LogP contribution in [0.4, 0.5) is 10.1 Å². The Balaban J connectivity index is 1.59. The third kappa shape index (κ3) is 4.55. The molecule has 0 radical (unpaired) electrons. The summed E-state index contributed by atoms with van der Waals surface area (Å²) in [5, 5.41) is 7.24. The lowest BCUT2D eigenvalue weighted by molar-refractivity contribution is -0.116. The van der Waals surface area contributed by atoms with Gasteiger partial charge in [0, 0.05) is 25.1 Å². The van der Waals surface area contributed by atoms with E-state index in [1.54, 1.807) is 40.8 Å². The Bertz CT molecular complexity index is 1290. The van der Waals surface area contributed by atoms with Crippen LogP contribution in [0.15, 0.2) is 73.2 Å². The molecule has 0 atom stereocenters. The van der Waals surface area contributed by atoms with Crippen molar-refractivity contribution in [2.75, 3.05) is 18.9 Å². The average molecular weight is 445 g/mol. The summed E-state index contributed by atoms with van der Waals surface area (Å²) in [4.78, 5) is 27.3. The van der Waals surface area contributed by atoms with Crippen molar-refractivity contribution in [3.05, 3.63) is 95.7 Å². The molecule has 4 aromatic rings. The van der Waals surface area contributed by atoms with Crippen LogP contribution in [0.25, 0.3) is 11.5 Å². The molecule has 168 valence electrons. The highest BCUT2D eigenvalue weighted by molar-refractivity contribution is 6.01. The largest absolute Gasteiger partial charge is 0.332 e. The summed E-state index contributed by atoms with van der Waals surface area (Å²) in [6, 6.07) is 15.2. The van der Waals surface area contributed by atoms with Crippen LogP contribution in [0.3, 0.4) is 0 Å². The summed E-state index contributed by atoms with van der Waals surface area (Å²) in [7, 11) is 1.57. The van der Waals surface area contributed by atoms with Crippen molar-refractivity contribution in [3.63, 3.8) is 0 Å². The number of carbonyl (C=O) groups excluding carboxylic acids is 2. The second-order valence-corrected chi connectivity index (χ2v) is 7.82. The van der Waals surface area contributed by atoms with Gasteiger partial charge in [0.2, 0.25) is 5.91 Å². The maximum Gasteiger partial charge on any atom is 0.259 e. The first kappa shape index (κ1) is 22.0. The van der Waals surface area contributed by atoms with Gasteiger partial charge >= 0.3 is 0 Å². The summed E-state index contributed by atoms with van der Waals surface area (Å²) in [5.41, 5.74) is 3.70. The summed E-state index contributed by atoms with van der Waals surface area (Å²) in [5.74, 6) is -0.520. The zero-order chi connectivity index (χ0) is 23.5. The molecule has 0 bridgehead atoms. The smallest absolute Gasteiger partial charge is 0.259 e. The van der Waals surface area contributed by atoms with Crippen LogP contribution in [-0.2, 0) is 4.79 Å². The van der Waals surface area contributed by atoms with Gasteiger partial charge in [-0.05, 0) is 67.4 Å². The molecule has 0 saturated carbocycles. The van der Waals surface area contributed by atoms with E-state index in [0.29, 0.717) is 17.1 Å². The zero-order valence-corrected chi connectivity index (χ0v) is 18.6. The van der Waals surface area contributed by atoms with E-state index in [-0.39, 0.29) is 24.2 Å². The fraction of sp³-hybridized carbons (Fsp3) is 0.160. The third-order valence-corrected chi connectivity index (χ3v) is 5.50. The van der Waals surface area contributed by atoms with Gasteiger partial charge in [0.1, 0.15) is 11.4 Å². The highest BCUT2D eigenvalue weighted by Crippen LogP contribution is 2.22. The fourth-order valence-corrected chi connectivity index (χ4v) is 3.56. The molecule has 0 unspecified atom stereocenters. The number of benzene rings is 2. The Labute approximate surface area is 191 Å². The molecule has 0 aliphatic rings. The fourth-order valence-electron chi connectivity index (χ4n) is 3.56. The van der Waals surface area contributed by atoms with E-state index in [1.165, 1.54) is 23.2 Å². The van der Waals surface area contributed by atoms with E-state index in [4.69, 9.17) is 0 Å². The van der Waals surface area contributed by atoms with Gasteiger partial charge in [0.25, 0.3) is 5.91 Å². The van der Waals surface area contributed by atoms with Crippen LogP contribution in [0.2, 0.25) is 0 Å². The average Bonchev–Trinajstić information content (AvgIpc) is 3.46. The van der Waals surface area contributed by atoms with Gasteiger partial charge in [-0.3, -0.25) is 9.59 Å². The van der Waals surface area contributed by atoms with E-state index < -0.39 is 0 Å². The van der Waals surface area contributed by atoms with Crippen molar-refractivity contribution in [2.45, 2.75) is 13.8 Å². The number of hydrogen-bond acceptors (Lipinski definition) is 3. The number of rotatable bonds is 6. The zero-order valence-electron chi connectivity index (χ0n) is 18.6. The number of amides is 2. The molecule has 2 aromatic carbocycles. The van der Waals surface area contributed by atoms with Crippen molar-refractivity contribution in [2.24, 2.45) is 0 Å². The Kier molecular flexibility index (Phi) is 6.08. The van der Waals surface area contributed by atoms with E-state index in [2.05, 4.69) is 10.4 Å². The van der Waals surface area contributed by atoms with Crippen molar-refractivity contribution >= 4 is 17.5 Å². The number of aromatic nitrogens is 3. The second kappa shape index (κ2) is 9.12. The van der Waals surface area contributed by atoms with Crippen LogP contribution in [0.5, 0.6) is 0 Å². The van der Waals surface area contributed by atoms with Gasteiger partial charge in [-0.15, -0.1) is 0 Å². The number of likely N-dealkylation sites (N-methyl/N-ethyl adjacent to an activating group) is 1. The molecule has 0 fully saturated rings. The Hall–Kier alpha value is -4.20. The minimum Gasteiger partial charge on any atom is -0.332 e. The standard InChI is InChI=1S/C25H24FN5O2/c1-17-7-6-8-22(18(17)2)28-23(32)16-29(3)25(33)21-15-27-31(20-11-9-19(26)10-12-20)24(21)30-13-4-5-14-30/h4-15H,16H2,1-3H3,(H,28,32). The third-order valence-electron chi connectivity index (χ3n) is 5.50. The quantitative estimate of drug-likeness (QED) is 0.485. The molecule has 8 heteroatoms. The van der Waals surface area contributed by atoms with Gasteiger partial charge in [-0.1, -0.05) is 12.1 Å². The maximum absolute atomic E-state index is 13.4. The van der Waals surface area contributed by atoms with Gasteiger partial charge in [0.15, 0.2) is 5.82 Å². The van der Waals surface area contributed by atoms with Crippen molar-refractivity contribution in [3.8, 4) is 11.5 Å². The van der Waals surface area contributed by atoms with Crippen molar-refractivity contribution < 1.29 is 14.0 Å². The predicted octanol–water partition coefficient (Wildman–Crippen LogP) is 4.13. The second-order valence-electron chi connectivity index (χ2n) is 7.82. The lowest BCUT2D eigenvalue weighted by atomic mass is 10.1. The number of aryl methyl sites for hydroxylation is 1. The molecule has 2 heterocycles. The molecule has 4 rings (SSSR count). The molecule has 1 N–H and O–H groups in total. The monoisotopic (exact) mass is 445 g/mol. The number of anilines is 1. The normalized spacial score (nSPS) is 10.8. The summed E-state index contributed by atoms with van der Waals surface area (Å²) >= 11 is 0. The number of halogens is 1. The van der Waals surface area contributed by atoms with E-state index >= 15 is 0 Å². The minimum absolute atomic E-state index is 0.126. The Morgan fingerprint density at radius 1 is 1.03 bits per heavy atom. The molecule has 33 heavy (non-hydrogen) atoms. The summed E-state index contributed by atoms with van der Waals surface area (Å²) in [6.07, 6.45) is 5.04. The molecule has 7 nitrogen and oxygen atoms in total. The Morgan fingerprint density at radius 2 is 1.73 bits per heavy atom. The van der Waals surface area contributed by atoms with Gasteiger partial charge in [0.05, 0.1) is 18.4 Å². The van der Waals surface area contributed by atoms with Gasteiger partial charge in [-0.25, -0.2) is 9.07 Å². The molecule has 0 aliphatic heterocycles. The maximum atomic E-state index is 13.4. The minimum atomic E-state index is -0.362. The molecule has 0 saturated heterocycles. The molecule has 2 aromatic heterocycles. The van der Waals surface area contributed by atoms with Crippen LogP contribution in [0.1, 0.15) is 21.5 Å². The van der Waals surface area contributed by atoms with E-state index in [0.717, 1.165) is 16.8 Å². The molecule has 2 amide bonds. The van der Waals surface area contributed by atoms with Crippen LogP contribution in [-0.4, -0.2) is 44.7 Å². The predicted molar refractivity (Wildman–Crippen MR) is 124 cm³/mol. The van der Waals surface area contributed by atoms with Crippen LogP contribution >= 0.6 is 0 Å². The van der Waals surface area contributed by atoms with E-state index in [9.17, 15) is 14.0 Å². The highest BCUT2D eigenvalue weighted by atomic mass is 19.1. The summed E-state index contributed by atoms with van der Waals surface area (Å²) < 4.78 is 16.7. The van der Waals surface area contributed by atoms with Crippen molar-refractivity contribution in [1.29, 1.82) is 0 Å². The first-order chi connectivity index (χ1) is 15.8. The first-order valence-corrected chi connectivity index (χ1v) is 10.4. The van der Waals surface area contributed by atoms with Gasteiger partial charge in [-0.2, -0.15) is 5.10 Å². The number of nitrogens with one attached hydrogen (secondary N) is 1. The number of carbonyl (C=O) groups is 2. The van der Waals surface area contributed by atoms with E-state index in [1.807, 2.05) is 44.2 Å². The van der Waals surface area contributed by atoms with Crippen LogP contribution < -0.4 is 5.32 Å². The summed E-state index contributed by atoms with van der Waals surface area (Å²) in [6.45, 7) is 3.79. The Morgan fingerprint density at radius 3 is 2.42 bits per heavy atom. The molecule has 0 spiro atoms. The number of nitrogens with zero attached hydrogens (tertiary/aromatic N) is 4. The lowest BCUT2D eigenvalue weighted by Gasteiger charge is -2.18. The van der Waals surface area contributed by atoms with Crippen LogP contribution in [0, 0.1) is 19.7 Å². The topological polar surface area (TPSA) is 72.2 Å². The van der Waals surface area contributed by atoms with Crippen molar-refractivity contribution in [1.82, 2.24) is 19.2 Å². The molecule has 0 aliphatic carbocycles. The number of hydrogen-bond donors (Lipinski definition) is 1. The SMILES string of the molecule is Cc1cccc(NC(=O)CN(C)C(=O)c2cnn(-c3ccc(F)cc3)c2-n2cccc2)c1C. The molecular weight excluding hydrogens is 421 g/mol. The lowest BCUT2D eigenvalue weighted by Crippen LogP contribution is -2.35. The van der Waals surface area contributed by atoms with Gasteiger partial charge < -0.3 is 14.8 Å². The molecular formula is C25H24FN5O2. The highest BCUT2D eigenvalue weighted by Gasteiger charge is 2.24.